The van der Waals surface area contributed by atoms with Gasteiger partial charge in [-0.05, 0) is 69.8 Å². The first-order valence-electron chi connectivity index (χ1n) is 13.1. The first kappa shape index (κ1) is 22.3. The summed E-state index contributed by atoms with van der Waals surface area (Å²) in [6.07, 6.45) is 0. The first-order chi connectivity index (χ1) is 18.9. The fourth-order valence-corrected chi connectivity index (χ4v) is 6.17. The molecule has 0 aromatic heterocycles. The van der Waals surface area contributed by atoms with Crippen molar-refractivity contribution in [2.45, 2.75) is 5.41 Å². The molecule has 0 saturated heterocycles. The van der Waals surface area contributed by atoms with Crippen LogP contribution in [0.5, 0.6) is 0 Å². The number of hydrogen-bond donors (Lipinski definition) is 0. The lowest BCUT2D eigenvalue weighted by atomic mass is 9.68. The quantitative estimate of drug-likeness (QED) is 0.235. The van der Waals surface area contributed by atoms with Crippen LogP contribution in [0.25, 0.3) is 11.1 Å². The van der Waals surface area contributed by atoms with Gasteiger partial charge in [0.2, 0.25) is 0 Å². The number of nitrogens with zero attached hydrogens (tertiary/aromatic N) is 1. The van der Waals surface area contributed by atoms with Crippen molar-refractivity contribution in [2.24, 2.45) is 0 Å². The van der Waals surface area contributed by atoms with E-state index in [2.05, 4.69) is 169 Å². The summed E-state index contributed by atoms with van der Waals surface area (Å²) in [6, 6.07) is 59.1. The molecule has 0 spiro atoms. The van der Waals surface area contributed by atoms with Crippen molar-refractivity contribution in [3.8, 4) is 11.1 Å². The Kier molecular flexibility index (Phi) is 5.41. The molecule has 0 atom stereocenters. The van der Waals surface area contributed by atoms with Gasteiger partial charge in [0.25, 0.3) is 0 Å². The van der Waals surface area contributed by atoms with Crippen LogP contribution in [0.3, 0.4) is 0 Å². The first-order valence-corrected chi connectivity index (χ1v) is 13.1. The van der Waals surface area contributed by atoms with E-state index in [4.69, 9.17) is 0 Å². The van der Waals surface area contributed by atoms with E-state index >= 15 is 0 Å². The lowest BCUT2D eigenvalue weighted by Crippen LogP contribution is -2.28. The van der Waals surface area contributed by atoms with Crippen LogP contribution in [-0.2, 0) is 5.41 Å². The molecule has 0 amide bonds. The zero-order valence-corrected chi connectivity index (χ0v) is 21.0. The van der Waals surface area contributed by atoms with Gasteiger partial charge in [0.1, 0.15) is 0 Å². The van der Waals surface area contributed by atoms with Crippen molar-refractivity contribution < 1.29 is 0 Å². The fraction of sp³-hybridized carbons (Fsp3) is 0.0270. The van der Waals surface area contributed by atoms with Gasteiger partial charge < -0.3 is 4.90 Å². The van der Waals surface area contributed by atoms with Crippen LogP contribution in [0.15, 0.2) is 164 Å². The highest BCUT2D eigenvalue weighted by Gasteiger charge is 2.45. The summed E-state index contributed by atoms with van der Waals surface area (Å²) in [5.74, 6) is 0. The topological polar surface area (TPSA) is 3.24 Å². The van der Waals surface area contributed by atoms with Crippen LogP contribution in [0.2, 0.25) is 0 Å². The molecule has 0 fully saturated rings. The van der Waals surface area contributed by atoms with Crippen molar-refractivity contribution in [1.82, 2.24) is 0 Å². The van der Waals surface area contributed by atoms with E-state index in [1.807, 2.05) is 0 Å². The molecule has 0 aliphatic heterocycles. The predicted molar refractivity (Wildman–Crippen MR) is 158 cm³/mol. The lowest BCUT2D eigenvalue weighted by Gasteiger charge is -2.34. The Morgan fingerprint density at radius 1 is 0.316 bits per heavy atom. The Morgan fingerprint density at radius 3 is 1.18 bits per heavy atom. The van der Waals surface area contributed by atoms with Gasteiger partial charge in [-0.1, -0.05) is 127 Å². The minimum Gasteiger partial charge on any atom is -0.311 e. The smallest absolute Gasteiger partial charge is 0.0713 e. The molecule has 0 heterocycles. The average Bonchev–Trinajstić information content (AvgIpc) is 3.31. The van der Waals surface area contributed by atoms with E-state index in [0.717, 1.165) is 17.1 Å². The average molecular weight is 486 g/mol. The molecule has 6 aromatic rings. The van der Waals surface area contributed by atoms with Crippen LogP contribution >= 0.6 is 0 Å². The van der Waals surface area contributed by atoms with Crippen LogP contribution in [0.1, 0.15) is 22.3 Å². The van der Waals surface area contributed by atoms with Crippen LogP contribution in [-0.4, -0.2) is 0 Å². The molecule has 38 heavy (non-hydrogen) atoms. The molecule has 1 aliphatic carbocycles. The van der Waals surface area contributed by atoms with E-state index in [1.165, 1.54) is 33.4 Å². The Bertz CT molecular complexity index is 1600. The largest absolute Gasteiger partial charge is 0.311 e. The summed E-state index contributed by atoms with van der Waals surface area (Å²) in [4.78, 5) is 2.31. The second kappa shape index (κ2) is 9.21. The number of anilines is 3. The zero-order valence-electron chi connectivity index (χ0n) is 21.0. The molecule has 0 N–H and O–H groups in total. The van der Waals surface area contributed by atoms with Crippen molar-refractivity contribution in [3.63, 3.8) is 0 Å². The van der Waals surface area contributed by atoms with Gasteiger partial charge in [0, 0.05) is 17.1 Å². The standard InChI is InChI=1S/C37H27N/c1-4-14-28(15-5-1)37(35-22-12-10-20-33(35)34-21-11-13-23-36(34)37)29-24-26-32(27-25-29)38(30-16-6-2-7-17-30)31-18-8-3-9-19-31/h1-27H. The van der Waals surface area contributed by atoms with Gasteiger partial charge in [-0.3, -0.25) is 0 Å². The maximum absolute atomic E-state index is 2.32. The highest BCUT2D eigenvalue weighted by atomic mass is 15.1. The zero-order chi connectivity index (χ0) is 25.4. The highest BCUT2D eigenvalue weighted by Crippen LogP contribution is 2.56. The van der Waals surface area contributed by atoms with Crippen molar-refractivity contribution in [3.05, 3.63) is 186 Å². The van der Waals surface area contributed by atoms with Gasteiger partial charge in [-0.2, -0.15) is 0 Å². The van der Waals surface area contributed by atoms with Gasteiger partial charge in [-0.15, -0.1) is 0 Å². The minimum atomic E-state index is -0.378. The third-order valence-corrected chi connectivity index (χ3v) is 7.75. The monoisotopic (exact) mass is 485 g/mol. The Morgan fingerprint density at radius 2 is 0.684 bits per heavy atom. The number of benzene rings is 6. The van der Waals surface area contributed by atoms with Crippen LogP contribution in [0, 0.1) is 0 Å². The summed E-state index contributed by atoms with van der Waals surface area (Å²) in [7, 11) is 0. The molecule has 0 radical (unpaired) electrons. The second-order valence-electron chi connectivity index (χ2n) is 9.76. The molecule has 0 bridgehead atoms. The number of rotatable bonds is 5. The minimum absolute atomic E-state index is 0.378. The van der Waals surface area contributed by atoms with Crippen LogP contribution in [0.4, 0.5) is 17.1 Å². The molecule has 6 aromatic carbocycles. The molecule has 0 unspecified atom stereocenters. The molecular weight excluding hydrogens is 458 g/mol. The lowest BCUT2D eigenvalue weighted by molar-refractivity contribution is 0.768. The van der Waals surface area contributed by atoms with E-state index in [1.54, 1.807) is 0 Å². The summed E-state index contributed by atoms with van der Waals surface area (Å²) in [5, 5.41) is 0. The van der Waals surface area contributed by atoms with Gasteiger partial charge in [-0.25, -0.2) is 0 Å². The Balaban J connectivity index is 1.45. The summed E-state index contributed by atoms with van der Waals surface area (Å²) >= 11 is 0. The van der Waals surface area contributed by atoms with E-state index in [-0.39, 0.29) is 5.41 Å². The maximum Gasteiger partial charge on any atom is 0.0713 e. The van der Waals surface area contributed by atoms with Crippen LogP contribution < -0.4 is 4.90 Å². The molecular formula is C37H27N. The third-order valence-electron chi connectivity index (χ3n) is 7.75. The fourth-order valence-electron chi connectivity index (χ4n) is 6.17. The van der Waals surface area contributed by atoms with Crippen molar-refractivity contribution in [1.29, 1.82) is 0 Å². The van der Waals surface area contributed by atoms with Crippen molar-refractivity contribution in [2.75, 3.05) is 4.90 Å². The highest BCUT2D eigenvalue weighted by molar-refractivity contribution is 5.86. The molecule has 7 rings (SSSR count). The molecule has 1 nitrogen and oxygen atoms in total. The Labute approximate surface area is 224 Å². The number of para-hydroxylation sites is 2. The van der Waals surface area contributed by atoms with Gasteiger partial charge in [0.05, 0.1) is 5.41 Å². The normalized spacial score (nSPS) is 12.9. The van der Waals surface area contributed by atoms with E-state index in [9.17, 15) is 0 Å². The van der Waals surface area contributed by atoms with Gasteiger partial charge in [0.15, 0.2) is 0 Å². The Hall–Kier alpha value is -4.88. The molecule has 180 valence electrons. The summed E-state index contributed by atoms with van der Waals surface area (Å²) in [6.45, 7) is 0. The second-order valence-corrected chi connectivity index (χ2v) is 9.76. The van der Waals surface area contributed by atoms with Crippen molar-refractivity contribution >= 4 is 17.1 Å². The third kappa shape index (κ3) is 3.40. The number of hydrogen-bond acceptors (Lipinski definition) is 1. The predicted octanol–water partition coefficient (Wildman–Crippen LogP) is 9.52. The SMILES string of the molecule is c1ccc(N(c2ccccc2)c2ccc(C3(c4ccccc4)c4ccccc4-c4ccccc43)cc2)cc1. The summed E-state index contributed by atoms with van der Waals surface area (Å²) < 4.78 is 0. The molecule has 1 aliphatic rings. The van der Waals surface area contributed by atoms with E-state index in [0.29, 0.717) is 0 Å². The molecule has 1 heteroatoms. The summed E-state index contributed by atoms with van der Waals surface area (Å²) in [5.41, 5.74) is 10.9. The van der Waals surface area contributed by atoms with E-state index < -0.39 is 0 Å². The maximum atomic E-state index is 2.32. The van der Waals surface area contributed by atoms with Gasteiger partial charge >= 0.3 is 0 Å². The molecule has 0 saturated carbocycles. The number of fused-ring (bicyclic) bond motifs is 3.